The third-order valence-electron chi connectivity index (χ3n) is 3.66. The van der Waals surface area contributed by atoms with Crippen molar-refractivity contribution < 1.29 is 9.53 Å². The second-order valence-electron chi connectivity index (χ2n) is 5.93. The van der Waals surface area contributed by atoms with Gasteiger partial charge in [-0.05, 0) is 72.4 Å². The summed E-state index contributed by atoms with van der Waals surface area (Å²) in [5.74, 6) is 0.334. The van der Waals surface area contributed by atoms with Crippen LogP contribution < -0.4 is 10.2 Å². The summed E-state index contributed by atoms with van der Waals surface area (Å²) in [6.45, 7) is 7.93. The fraction of sp³-hybridized carbons (Fsp3) is 0.263. The first-order valence-electron chi connectivity index (χ1n) is 7.76. The second kappa shape index (κ2) is 8.63. The van der Waals surface area contributed by atoms with Crippen LogP contribution in [0.5, 0.6) is 5.75 Å². The topological polar surface area (TPSA) is 50.7 Å². The Balaban J connectivity index is 1.96. The lowest BCUT2D eigenvalue weighted by Gasteiger charge is -2.11. The van der Waals surface area contributed by atoms with Gasteiger partial charge in [0.25, 0.3) is 5.91 Å². The molecule has 0 aromatic heterocycles. The summed E-state index contributed by atoms with van der Waals surface area (Å²) in [5, 5.41) is 4.04. The predicted octanol–water partition coefficient (Wildman–Crippen LogP) is 4.97. The van der Waals surface area contributed by atoms with Crippen molar-refractivity contribution in [2.24, 2.45) is 5.10 Å². The number of hydrogen-bond acceptors (Lipinski definition) is 3. The maximum absolute atomic E-state index is 11.9. The van der Waals surface area contributed by atoms with E-state index in [2.05, 4.69) is 61.4 Å². The minimum absolute atomic E-state index is 0.107. The number of rotatable bonds is 5. The molecule has 4 nitrogen and oxygen atoms in total. The Kier molecular flexibility index (Phi) is 6.79. The molecule has 0 radical (unpaired) electrons. The lowest BCUT2D eigenvalue weighted by molar-refractivity contribution is -0.123. The predicted molar refractivity (Wildman–Crippen MR) is 108 cm³/mol. The summed E-state index contributed by atoms with van der Waals surface area (Å²) < 4.78 is 7.34. The molecule has 0 bridgehead atoms. The smallest absolute Gasteiger partial charge is 0.277 e. The number of nitrogens with zero attached hydrogens (tertiary/aromatic N) is 1. The van der Waals surface area contributed by atoms with Crippen LogP contribution in [0.3, 0.4) is 0 Å². The van der Waals surface area contributed by atoms with Crippen LogP contribution in [-0.4, -0.2) is 18.7 Å². The van der Waals surface area contributed by atoms with Crippen LogP contribution in [0, 0.1) is 27.7 Å². The number of hydrazone groups is 1. The molecule has 2 aromatic carbocycles. The Morgan fingerprint density at radius 2 is 1.72 bits per heavy atom. The van der Waals surface area contributed by atoms with Crippen LogP contribution in [0.25, 0.3) is 0 Å². The highest BCUT2D eigenvalue weighted by Crippen LogP contribution is 2.32. The Labute approximate surface area is 164 Å². The molecule has 2 aromatic rings. The fourth-order valence-electron chi connectivity index (χ4n) is 2.61. The summed E-state index contributed by atoms with van der Waals surface area (Å²) >= 11 is 6.85. The van der Waals surface area contributed by atoms with Gasteiger partial charge in [-0.1, -0.05) is 33.6 Å². The van der Waals surface area contributed by atoms with Crippen molar-refractivity contribution in [3.05, 3.63) is 61.0 Å². The monoisotopic (exact) mass is 466 g/mol. The van der Waals surface area contributed by atoms with Crippen LogP contribution in [0.2, 0.25) is 0 Å². The van der Waals surface area contributed by atoms with Gasteiger partial charge in [0.15, 0.2) is 6.61 Å². The van der Waals surface area contributed by atoms with Gasteiger partial charge in [0.1, 0.15) is 5.75 Å². The zero-order chi connectivity index (χ0) is 18.6. The van der Waals surface area contributed by atoms with E-state index in [1.807, 2.05) is 32.9 Å². The molecule has 0 unspecified atom stereocenters. The Bertz CT molecular complexity index is 786. The highest BCUT2D eigenvalue weighted by molar-refractivity contribution is 9.11. The van der Waals surface area contributed by atoms with Crippen LogP contribution in [0.1, 0.15) is 27.8 Å². The summed E-state index contributed by atoms with van der Waals surface area (Å²) in [6, 6.07) is 7.99. The quantitative estimate of drug-likeness (QED) is 0.498. The normalized spacial score (nSPS) is 11.0. The zero-order valence-corrected chi connectivity index (χ0v) is 17.8. The first-order chi connectivity index (χ1) is 11.8. The van der Waals surface area contributed by atoms with Gasteiger partial charge in [-0.25, -0.2) is 5.43 Å². The second-order valence-corrected chi connectivity index (χ2v) is 7.70. The Morgan fingerprint density at radius 1 is 1.08 bits per heavy atom. The van der Waals surface area contributed by atoms with Gasteiger partial charge in [0, 0.05) is 10.0 Å². The molecule has 0 saturated carbocycles. The minimum atomic E-state index is -0.312. The van der Waals surface area contributed by atoms with Crippen molar-refractivity contribution in [2.45, 2.75) is 27.7 Å². The molecular formula is C19H20Br2N2O2. The molecule has 0 aliphatic rings. The maximum Gasteiger partial charge on any atom is 0.277 e. The molecule has 2 rings (SSSR count). The molecule has 1 N–H and O–H groups in total. The standard InChI is InChI=1S/C19H20Br2N2O2/c1-11-5-12(2)16(13(3)6-11)9-22-23-18(24)10-25-19-14(4)7-15(20)8-17(19)21/h5-9H,10H2,1-4H3,(H,23,24). The lowest BCUT2D eigenvalue weighted by Crippen LogP contribution is -2.25. The molecule has 25 heavy (non-hydrogen) atoms. The van der Waals surface area contributed by atoms with Gasteiger partial charge < -0.3 is 4.74 Å². The van der Waals surface area contributed by atoms with Crippen LogP contribution in [-0.2, 0) is 4.79 Å². The number of hydrogen-bond donors (Lipinski definition) is 1. The first-order valence-corrected chi connectivity index (χ1v) is 9.34. The first kappa shape index (κ1) is 19.7. The van der Waals surface area contributed by atoms with E-state index in [0.29, 0.717) is 5.75 Å². The number of amides is 1. The number of ether oxygens (including phenoxy) is 1. The van der Waals surface area contributed by atoms with Crippen LogP contribution in [0.15, 0.2) is 38.3 Å². The van der Waals surface area contributed by atoms with Gasteiger partial charge in [0.2, 0.25) is 0 Å². The molecule has 132 valence electrons. The number of halogens is 2. The summed E-state index contributed by atoms with van der Waals surface area (Å²) in [5.41, 5.74) is 7.91. The molecule has 0 aliphatic heterocycles. The third-order valence-corrected chi connectivity index (χ3v) is 4.71. The minimum Gasteiger partial charge on any atom is -0.482 e. The molecule has 0 spiro atoms. The Morgan fingerprint density at radius 3 is 2.32 bits per heavy atom. The van der Waals surface area contributed by atoms with Gasteiger partial charge >= 0.3 is 0 Å². The zero-order valence-electron chi connectivity index (χ0n) is 14.6. The highest BCUT2D eigenvalue weighted by atomic mass is 79.9. The van der Waals surface area contributed by atoms with Crippen molar-refractivity contribution >= 4 is 44.0 Å². The van der Waals surface area contributed by atoms with E-state index in [9.17, 15) is 4.79 Å². The van der Waals surface area contributed by atoms with Gasteiger partial charge in [-0.15, -0.1) is 0 Å². The van der Waals surface area contributed by atoms with Crippen molar-refractivity contribution in [2.75, 3.05) is 6.61 Å². The number of carbonyl (C=O) groups excluding carboxylic acids is 1. The van der Waals surface area contributed by atoms with E-state index >= 15 is 0 Å². The summed E-state index contributed by atoms with van der Waals surface area (Å²) in [7, 11) is 0. The van der Waals surface area contributed by atoms with Gasteiger partial charge in [-0.3, -0.25) is 4.79 Å². The molecule has 0 heterocycles. The largest absolute Gasteiger partial charge is 0.482 e. The van der Waals surface area contributed by atoms with E-state index in [0.717, 1.165) is 31.2 Å². The van der Waals surface area contributed by atoms with E-state index in [1.54, 1.807) is 6.21 Å². The molecule has 6 heteroatoms. The van der Waals surface area contributed by atoms with E-state index in [4.69, 9.17) is 4.74 Å². The van der Waals surface area contributed by atoms with Crippen molar-refractivity contribution in [1.82, 2.24) is 5.43 Å². The molecule has 0 aliphatic carbocycles. The fourth-order valence-corrected chi connectivity index (χ4v) is 4.16. The lowest BCUT2D eigenvalue weighted by atomic mass is 10.0. The SMILES string of the molecule is Cc1cc(C)c(C=NNC(=O)COc2c(C)cc(Br)cc2Br)c(C)c1. The van der Waals surface area contributed by atoms with E-state index < -0.39 is 0 Å². The van der Waals surface area contributed by atoms with Crippen molar-refractivity contribution in [3.63, 3.8) is 0 Å². The number of benzene rings is 2. The third kappa shape index (κ3) is 5.41. The number of aryl methyl sites for hydroxylation is 4. The van der Waals surface area contributed by atoms with E-state index in [1.165, 1.54) is 5.56 Å². The molecule has 0 fully saturated rings. The molecule has 0 saturated heterocycles. The number of carbonyl (C=O) groups is 1. The van der Waals surface area contributed by atoms with Crippen molar-refractivity contribution in [3.8, 4) is 5.75 Å². The number of nitrogens with one attached hydrogen (secondary N) is 1. The van der Waals surface area contributed by atoms with Crippen molar-refractivity contribution in [1.29, 1.82) is 0 Å². The summed E-state index contributed by atoms with van der Waals surface area (Å²) in [4.78, 5) is 11.9. The molecule has 1 amide bonds. The average molecular weight is 468 g/mol. The maximum atomic E-state index is 11.9. The van der Waals surface area contributed by atoms with Gasteiger partial charge in [-0.2, -0.15) is 5.10 Å². The van der Waals surface area contributed by atoms with Crippen LogP contribution >= 0.6 is 31.9 Å². The van der Waals surface area contributed by atoms with Gasteiger partial charge in [0.05, 0.1) is 10.7 Å². The Hall–Kier alpha value is -1.66. The van der Waals surface area contributed by atoms with E-state index in [-0.39, 0.29) is 12.5 Å². The molecular weight excluding hydrogens is 448 g/mol. The average Bonchev–Trinajstić information content (AvgIpc) is 2.48. The highest BCUT2D eigenvalue weighted by Gasteiger charge is 2.09. The summed E-state index contributed by atoms with van der Waals surface area (Å²) in [6.07, 6.45) is 1.67. The van der Waals surface area contributed by atoms with Crippen LogP contribution in [0.4, 0.5) is 0 Å². The molecule has 0 atom stereocenters.